The van der Waals surface area contributed by atoms with Crippen LogP contribution in [-0.4, -0.2) is 32.7 Å². The smallest absolute Gasteiger partial charge is 0.337 e. The molecule has 0 aromatic heterocycles. The molecule has 26 heavy (non-hydrogen) atoms. The molecule has 0 aliphatic carbocycles. The zero-order valence-electron chi connectivity index (χ0n) is 14.6. The maximum atomic E-state index is 12.9. The summed E-state index contributed by atoms with van der Waals surface area (Å²) >= 11 is 0. The van der Waals surface area contributed by atoms with Gasteiger partial charge in [-0.1, -0.05) is 17.7 Å². The molecule has 2 aromatic rings. The monoisotopic (exact) mass is 377 g/mol. The Kier molecular flexibility index (Phi) is 4.53. The number of benzene rings is 2. The summed E-state index contributed by atoms with van der Waals surface area (Å²) in [7, 11) is -3.98. The molecule has 0 spiro atoms. The number of aryl methyl sites for hydroxylation is 3. The molecular formula is C18H19NO6S. The predicted octanol–water partition coefficient (Wildman–Crippen LogP) is 2.88. The van der Waals surface area contributed by atoms with Crippen molar-refractivity contribution in [3.63, 3.8) is 0 Å². The highest BCUT2D eigenvalue weighted by Crippen LogP contribution is 2.37. The zero-order valence-corrected chi connectivity index (χ0v) is 15.4. The highest BCUT2D eigenvalue weighted by Gasteiger charge is 2.25. The van der Waals surface area contributed by atoms with Gasteiger partial charge in [-0.25, -0.2) is 13.2 Å². The lowest BCUT2D eigenvalue weighted by atomic mass is 10.1. The molecule has 0 fully saturated rings. The standard InChI is InChI=1S/C18H19NO6S/c1-10-6-11(2)17(12(3)7-10)26(22,23)19-14-9-16-15(24-4-5-25-16)8-13(14)18(20)21/h6-9,19H,4-5H2,1-3H3,(H,20,21). The van der Waals surface area contributed by atoms with Crippen LogP contribution < -0.4 is 14.2 Å². The molecule has 7 nitrogen and oxygen atoms in total. The van der Waals surface area contributed by atoms with E-state index in [0.29, 0.717) is 30.1 Å². The van der Waals surface area contributed by atoms with Crippen molar-refractivity contribution in [1.82, 2.24) is 0 Å². The molecule has 2 N–H and O–H groups in total. The van der Waals surface area contributed by atoms with Crippen LogP contribution in [0.2, 0.25) is 0 Å². The van der Waals surface area contributed by atoms with E-state index in [9.17, 15) is 18.3 Å². The molecule has 1 aliphatic rings. The van der Waals surface area contributed by atoms with Crippen LogP contribution in [0.5, 0.6) is 11.5 Å². The molecule has 0 unspecified atom stereocenters. The first-order chi connectivity index (χ1) is 12.2. The van der Waals surface area contributed by atoms with Crippen molar-refractivity contribution in [3.05, 3.63) is 46.5 Å². The summed E-state index contributed by atoms with van der Waals surface area (Å²) in [6, 6.07) is 6.14. The summed E-state index contributed by atoms with van der Waals surface area (Å²) in [5.74, 6) is -0.687. The Hall–Kier alpha value is -2.74. The van der Waals surface area contributed by atoms with Crippen LogP contribution in [0.3, 0.4) is 0 Å². The highest BCUT2D eigenvalue weighted by atomic mass is 32.2. The molecule has 0 bridgehead atoms. The van der Waals surface area contributed by atoms with Crippen molar-refractivity contribution in [2.75, 3.05) is 17.9 Å². The van der Waals surface area contributed by atoms with Gasteiger partial charge in [-0.2, -0.15) is 0 Å². The average molecular weight is 377 g/mol. The third-order valence-corrected chi connectivity index (χ3v) is 5.70. The van der Waals surface area contributed by atoms with Crippen LogP contribution in [0, 0.1) is 20.8 Å². The number of carboxylic acids is 1. The Bertz CT molecular complexity index is 974. The third-order valence-electron chi connectivity index (χ3n) is 4.03. The van der Waals surface area contributed by atoms with Crippen molar-refractivity contribution in [2.45, 2.75) is 25.7 Å². The van der Waals surface area contributed by atoms with Gasteiger partial charge >= 0.3 is 5.97 Å². The van der Waals surface area contributed by atoms with Crippen LogP contribution in [0.4, 0.5) is 5.69 Å². The number of ether oxygens (including phenoxy) is 2. The molecule has 0 saturated heterocycles. The van der Waals surface area contributed by atoms with Crippen molar-refractivity contribution in [1.29, 1.82) is 0 Å². The highest BCUT2D eigenvalue weighted by molar-refractivity contribution is 7.92. The molecule has 0 amide bonds. The minimum atomic E-state index is -3.98. The van der Waals surface area contributed by atoms with Gasteiger partial charge in [0.1, 0.15) is 13.2 Å². The summed E-state index contributed by atoms with van der Waals surface area (Å²) in [6.45, 7) is 5.90. The quantitative estimate of drug-likeness (QED) is 0.849. The van der Waals surface area contributed by atoms with Crippen molar-refractivity contribution < 1.29 is 27.8 Å². The lowest BCUT2D eigenvalue weighted by molar-refractivity contribution is 0.0697. The molecule has 138 valence electrons. The SMILES string of the molecule is Cc1cc(C)c(S(=O)(=O)Nc2cc3c(cc2C(=O)O)OCCO3)c(C)c1. The van der Waals surface area contributed by atoms with Crippen molar-refractivity contribution in [2.24, 2.45) is 0 Å². The summed E-state index contributed by atoms with van der Waals surface area (Å²) in [5.41, 5.74) is 1.85. The van der Waals surface area contributed by atoms with E-state index in [-0.39, 0.29) is 21.9 Å². The lowest BCUT2D eigenvalue weighted by Crippen LogP contribution is -2.20. The molecule has 0 radical (unpaired) electrons. The summed E-state index contributed by atoms with van der Waals surface area (Å²) in [5, 5.41) is 9.45. The number of fused-ring (bicyclic) bond motifs is 1. The van der Waals surface area contributed by atoms with Crippen molar-refractivity contribution >= 4 is 21.7 Å². The van der Waals surface area contributed by atoms with Gasteiger partial charge in [0.25, 0.3) is 10.0 Å². The molecule has 3 rings (SSSR count). The van der Waals surface area contributed by atoms with Gasteiger partial charge < -0.3 is 14.6 Å². The van der Waals surface area contributed by atoms with Crippen molar-refractivity contribution in [3.8, 4) is 11.5 Å². The van der Waals surface area contributed by atoms with Gasteiger partial charge in [0.2, 0.25) is 0 Å². The number of carbonyl (C=O) groups is 1. The summed E-state index contributed by atoms with van der Waals surface area (Å²) < 4.78 is 39.0. The van der Waals surface area contributed by atoms with Gasteiger partial charge in [0.15, 0.2) is 11.5 Å². The second-order valence-corrected chi connectivity index (χ2v) is 7.80. The van der Waals surface area contributed by atoms with Gasteiger partial charge in [-0.05, 0) is 31.9 Å². The Labute approximate surface area is 151 Å². The fraction of sp³-hybridized carbons (Fsp3) is 0.278. The maximum Gasteiger partial charge on any atom is 0.337 e. The first-order valence-corrected chi connectivity index (χ1v) is 9.45. The Balaban J connectivity index is 2.09. The minimum absolute atomic E-state index is 0.0684. The zero-order chi connectivity index (χ0) is 19.1. The Morgan fingerprint density at radius 3 is 2.08 bits per heavy atom. The number of carboxylic acid groups (broad SMARTS) is 1. The number of hydrogen-bond donors (Lipinski definition) is 2. The summed E-state index contributed by atoms with van der Waals surface area (Å²) in [4.78, 5) is 11.7. The average Bonchev–Trinajstić information content (AvgIpc) is 2.52. The molecular weight excluding hydrogens is 358 g/mol. The number of hydrogen-bond acceptors (Lipinski definition) is 5. The molecule has 1 heterocycles. The van der Waals surface area contributed by atoms with Crippen LogP contribution in [-0.2, 0) is 10.0 Å². The maximum absolute atomic E-state index is 12.9. The van der Waals surface area contributed by atoms with Crippen LogP contribution >= 0.6 is 0 Å². The van der Waals surface area contributed by atoms with E-state index >= 15 is 0 Å². The van der Waals surface area contributed by atoms with Gasteiger partial charge in [0, 0.05) is 12.1 Å². The van der Waals surface area contributed by atoms with E-state index in [1.54, 1.807) is 26.0 Å². The summed E-state index contributed by atoms with van der Waals surface area (Å²) in [6.07, 6.45) is 0. The second-order valence-electron chi connectivity index (χ2n) is 6.18. The Morgan fingerprint density at radius 1 is 1.00 bits per heavy atom. The Morgan fingerprint density at radius 2 is 1.54 bits per heavy atom. The third kappa shape index (κ3) is 3.32. The number of anilines is 1. The lowest BCUT2D eigenvalue weighted by Gasteiger charge is -2.21. The van der Waals surface area contributed by atoms with E-state index in [2.05, 4.69) is 4.72 Å². The topological polar surface area (TPSA) is 102 Å². The van der Waals surface area contributed by atoms with Crippen LogP contribution in [0.15, 0.2) is 29.2 Å². The minimum Gasteiger partial charge on any atom is -0.486 e. The second kappa shape index (κ2) is 6.53. The number of sulfonamides is 1. The van der Waals surface area contributed by atoms with E-state index in [0.717, 1.165) is 5.56 Å². The number of nitrogens with one attached hydrogen (secondary N) is 1. The number of aromatic carboxylic acids is 1. The first kappa shape index (κ1) is 18.1. The van der Waals surface area contributed by atoms with Gasteiger partial charge in [0.05, 0.1) is 16.1 Å². The van der Waals surface area contributed by atoms with Crippen LogP contribution in [0.1, 0.15) is 27.0 Å². The molecule has 8 heteroatoms. The normalized spacial score (nSPS) is 13.3. The largest absolute Gasteiger partial charge is 0.486 e. The fourth-order valence-electron chi connectivity index (χ4n) is 3.14. The fourth-order valence-corrected chi connectivity index (χ4v) is 4.66. The van der Waals surface area contributed by atoms with Crippen LogP contribution in [0.25, 0.3) is 0 Å². The van der Waals surface area contributed by atoms with E-state index in [4.69, 9.17) is 9.47 Å². The molecule has 0 saturated carbocycles. The van der Waals surface area contributed by atoms with Gasteiger partial charge in [-0.15, -0.1) is 0 Å². The number of rotatable bonds is 4. The predicted molar refractivity (Wildman–Crippen MR) is 95.9 cm³/mol. The molecule has 1 aliphatic heterocycles. The van der Waals surface area contributed by atoms with E-state index in [1.807, 2.05) is 6.92 Å². The van der Waals surface area contributed by atoms with E-state index in [1.165, 1.54) is 12.1 Å². The first-order valence-electron chi connectivity index (χ1n) is 7.96. The molecule has 2 aromatic carbocycles. The van der Waals surface area contributed by atoms with E-state index < -0.39 is 16.0 Å². The molecule has 0 atom stereocenters. The van der Waals surface area contributed by atoms with Gasteiger partial charge in [-0.3, -0.25) is 4.72 Å².